The molecule has 4 aliphatic rings. The molecular weight excluding hydrogens is 538 g/mol. The number of carbonyl (C=O) groups excluding carboxylic acids is 3. The number of ether oxygens (including phenoxy) is 1. The van der Waals surface area contributed by atoms with Crippen molar-refractivity contribution < 1.29 is 24.2 Å². The van der Waals surface area contributed by atoms with Crippen molar-refractivity contribution in [2.45, 2.75) is 80.0 Å². The first-order chi connectivity index (χ1) is 20.0. The Morgan fingerprint density at radius 2 is 1.78 bits per heavy atom. The second kappa shape index (κ2) is 11.7. The van der Waals surface area contributed by atoms with Crippen LogP contribution in [0.15, 0.2) is 54.6 Å². The molecule has 1 saturated carbocycles. The number of hydrogen-bond acceptors (Lipinski definition) is 6. The summed E-state index contributed by atoms with van der Waals surface area (Å²) in [6.07, 6.45) is 6.68. The number of rotatable bonds is 9. The Hall–Kier alpha value is -3.04. The number of fused-ring (bicyclic) bond motifs is 1. The number of likely N-dealkylation sites (tertiary alicyclic amines) is 1. The van der Waals surface area contributed by atoms with E-state index in [0.717, 1.165) is 43.4 Å². The van der Waals surface area contributed by atoms with Crippen LogP contribution in [0, 0.1) is 11.8 Å². The Kier molecular flexibility index (Phi) is 8.01. The summed E-state index contributed by atoms with van der Waals surface area (Å²) >= 11 is 1.65. The van der Waals surface area contributed by atoms with E-state index < -0.39 is 28.7 Å². The third kappa shape index (κ3) is 5.01. The third-order valence-corrected chi connectivity index (χ3v) is 11.3. The molecule has 1 spiro atoms. The Bertz CT molecular complexity index is 1270. The van der Waals surface area contributed by atoms with Gasteiger partial charge in [0, 0.05) is 17.0 Å². The molecule has 2 unspecified atom stereocenters. The van der Waals surface area contributed by atoms with E-state index in [1.807, 2.05) is 49.4 Å². The van der Waals surface area contributed by atoms with Crippen molar-refractivity contribution in [3.63, 3.8) is 0 Å². The number of benzene rings is 2. The molecule has 6 atom stereocenters. The van der Waals surface area contributed by atoms with Crippen LogP contribution in [0.5, 0.6) is 5.75 Å². The van der Waals surface area contributed by atoms with E-state index in [0.29, 0.717) is 18.7 Å². The van der Waals surface area contributed by atoms with Gasteiger partial charge >= 0.3 is 0 Å². The Labute approximate surface area is 245 Å². The monoisotopic (exact) mass is 577 g/mol. The topological polar surface area (TPSA) is 108 Å². The molecule has 3 amide bonds. The quantitative estimate of drug-likeness (QED) is 0.410. The Morgan fingerprint density at radius 1 is 1.05 bits per heavy atom. The fourth-order valence-corrected chi connectivity index (χ4v) is 9.82. The van der Waals surface area contributed by atoms with Gasteiger partial charge in [-0.25, -0.2) is 0 Å². The minimum absolute atomic E-state index is 0.0388. The average molecular weight is 578 g/mol. The number of aliphatic hydroxyl groups excluding tert-OH is 1. The second-order valence-electron chi connectivity index (χ2n) is 11.7. The summed E-state index contributed by atoms with van der Waals surface area (Å²) < 4.78 is 4.82. The number of hydrogen-bond donors (Lipinski definition) is 3. The first kappa shape index (κ1) is 28.1. The lowest BCUT2D eigenvalue weighted by Gasteiger charge is -2.38. The highest BCUT2D eigenvalue weighted by Gasteiger charge is 2.74. The highest BCUT2D eigenvalue weighted by atomic mass is 32.2. The fourth-order valence-electron chi connectivity index (χ4n) is 7.61. The van der Waals surface area contributed by atoms with Crippen LogP contribution in [-0.2, 0) is 14.4 Å². The molecule has 0 aromatic heterocycles. The van der Waals surface area contributed by atoms with Crippen LogP contribution in [-0.4, -0.2) is 63.0 Å². The van der Waals surface area contributed by atoms with Crippen molar-refractivity contribution in [1.29, 1.82) is 0 Å². The van der Waals surface area contributed by atoms with Crippen LogP contribution in [0.4, 0.5) is 5.69 Å². The summed E-state index contributed by atoms with van der Waals surface area (Å²) in [5.74, 6) is -1.02. The van der Waals surface area contributed by atoms with Crippen LogP contribution in [0.25, 0.3) is 0 Å². The number of thioether (sulfide) groups is 1. The van der Waals surface area contributed by atoms with Crippen LogP contribution in [0.3, 0.4) is 0 Å². The van der Waals surface area contributed by atoms with Crippen molar-refractivity contribution in [2.75, 3.05) is 18.5 Å². The number of nitrogens with one attached hydrogen (secondary N) is 2. The number of aliphatic hydroxyl groups is 1. The maximum absolute atomic E-state index is 14.5. The first-order valence-electron chi connectivity index (χ1n) is 15.0. The van der Waals surface area contributed by atoms with Gasteiger partial charge in [-0.05, 0) is 62.4 Å². The summed E-state index contributed by atoms with van der Waals surface area (Å²) in [6, 6.07) is 15.3. The average Bonchev–Trinajstić information content (AvgIpc) is 3.63. The molecule has 0 radical (unpaired) electrons. The second-order valence-corrected chi connectivity index (χ2v) is 13.3. The lowest BCUT2D eigenvalue weighted by Crippen LogP contribution is -2.56. The molecule has 3 saturated heterocycles. The van der Waals surface area contributed by atoms with Crippen molar-refractivity contribution in [3.8, 4) is 5.75 Å². The fraction of sp³-hybridized carbons (Fsp3) is 0.531. The first-order valence-corrected chi connectivity index (χ1v) is 15.8. The van der Waals surface area contributed by atoms with Gasteiger partial charge in [-0.1, -0.05) is 49.6 Å². The largest absolute Gasteiger partial charge is 0.494 e. The van der Waals surface area contributed by atoms with Gasteiger partial charge < -0.3 is 25.4 Å². The van der Waals surface area contributed by atoms with E-state index in [-0.39, 0.29) is 35.6 Å². The summed E-state index contributed by atoms with van der Waals surface area (Å²) in [5.41, 5.74) is 1.43. The number of nitrogens with zero attached hydrogens (tertiary/aromatic N) is 1. The van der Waals surface area contributed by atoms with Crippen LogP contribution < -0.4 is 15.4 Å². The third-order valence-electron chi connectivity index (χ3n) is 9.37. The smallest absolute Gasteiger partial charge is 0.244 e. The molecule has 3 N–H and O–H groups in total. The maximum atomic E-state index is 14.5. The molecule has 3 heterocycles. The van der Waals surface area contributed by atoms with E-state index >= 15 is 0 Å². The van der Waals surface area contributed by atoms with Crippen LogP contribution in [0.1, 0.15) is 63.5 Å². The summed E-state index contributed by atoms with van der Waals surface area (Å²) in [7, 11) is 0. The van der Waals surface area contributed by atoms with Gasteiger partial charge in [-0.15, -0.1) is 11.8 Å². The predicted octanol–water partition coefficient (Wildman–Crippen LogP) is 4.30. The van der Waals surface area contributed by atoms with Crippen LogP contribution in [0.2, 0.25) is 0 Å². The molecule has 218 valence electrons. The van der Waals surface area contributed by atoms with Crippen molar-refractivity contribution in [2.24, 2.45) is 11.8 Å². The molecule has 1 aliphatic carbocycles. The van der Waals surface area contributed by atoms with Gasteiger partial charge in [0.25, 0.3) is 0 Å². The molecule has 4 fully saturated rings. The molecule has 6 rings (SSSR count). The molecule has 2 aromatic carbocycles. The lowest BCUT2D eigenvalue weighted by molar-refractivity contribution is -0.142. The number of anilines is 1. The van der Waals surface area contributed by atoms with E-state index in [1.54, 1.807) is 28.8 Å². The molecule has 8 nitrogen and oxygen atoms in total. The minimum atomic E-state index is -0.752. The van der Waals surface area contributed by atoms with E-state index in [9.17, 15) is 19.5 Å². The Balaban J connectivity index is 1.33. The summed E-state index contributed by atoms with van der Waals surface area (Å²) in [6.45, 7) is 2.17. The number of amides is 3. The molecule has 3 aliphatic heterocycles. The minimum Gasteiger partial charge on any atom is -0.494 e. The highest BCUT2D eigenvalue weighted by Crippen LogP contribution is 2.67. The van der Waals surface area contributed by atoms with E-state index in [4.69, 9.17) is 4.74 Å². The van der Waals surface area contributed by atoms with Crippen molar-refractivity contribution in [1.82, 2.24) is 10.2 Å². The summed E-state index contributed by atoms with van der Waals surface area (Å²) in [5, 5.41) is 16.9. The maximum Gasteiger partial charge on any atom is 0.244 e. The van der Waals surface area contributed by atoms with Crippen molar-refractivity contribution in [3.05, 3.63) is 60.2 Å². The standard InChI is InChI=1S/C32H39N3O5S/c1-2-40-23-15-13-22(14-16-23)33-29(37)26-25-17-18-32(41-25)27(26)31(39)35(24(19-36)20-9-5-3-6-10-20)28(32)30(38)34-21-11-7-4-8-12-21/h3,5-6,9-10,13-16,21,24-28,36H,2,4,7-8,11-12,17-19H2,1H3,(H,33,37)(H,34,38)/t24-,25+,26-,27+,28?,32?/m1/s1. The van der Waals surface area contributed by atoms with E-state index in [1.165, 1.54) is 6.42 Å². The molecule has 2 aromatic rings. The van der Waals surface area contributed by atoms with E-state index in [2.05, 4.69) is 10.6 Å². The van der Waals surface area contributed by atoms with Gasteiger partial charge in [-0.3, -0.25) is 14.4 Å². The van der Waals surface area contributed by atoms with Gasteiger partial charge in [0.2, 0.25) is 17.7 Å². The molecule has 2 bridgehead atoms. The predicted molar refractivity (Wildman–Crippen MR) is 158 cm³/mol. The SMILES string of the molecule is CCOc1ccc(NC(=O)[C@@H]2[C@@H]3CCC4(S3)C(C(=O)NC3CCCCC3)N([C@H](CO)c3ccccc3)C(=O)[C@H]24)cc1. The normalized spacial score (nSPS) is 29.7. The van der Waals surface area contributed by atoms with Crippen LogP contribution >= 0.6 is 11.8 Å². The highest BCUT2D eigenvalue weighted by molar-refractivity contribution is 8.02. The van der Waals surface area contributed by atoms with Gasteiger partial charge in [0.1, 0.15) is 11.8 Å². The van der Waals surface area contributed by atoms with Gasteiger partial charge in [0.15, 0.2) is 0 Å². The zero-order valence-corrected chi connectivity index (χ0v) is 24.3. The zero-order chi connectivity index (χ0) is 28.6. The number of carbonyl (C=O) groups is 3. The lowest BCUT2D eigenvalue weighted by atomic mass is 9.70. The summed E-state index contributed by atoms with van der Waals surface area (Å²) in [4.78, 5) is 44.1. The van der Waals surface area contributed by atoms with Gasteiger partial charge in [0.05, 0.1) is 35.8 Å². The van der Waals surface area contributed by atoms with Crippen molar-refractivity contribution >= 4 is 35.2 Å². The molecule has 9 heteroatoms. The van der Waals surface area contributed by atoms with Gasteiger partial charge in [-0.2, -0.15) is 0 Å². The molecule has 41 heavy (non-hydrogen) atoms. The zero-order valence-electron chi connectivity index (χ0n) is 23.5. The Morgan fingerprint density at radius 3 is 2.46 bits per heavy atom. The molecular formula is C32H39N3O5S.